The molecule has 0 radical (unpaired) electrons. The number of amides is 1. The second-order valence-corrected chi connectivity index (χ2v) is 7.03. The van der Waals surface area contributed by atoms with E-state index in [0.29, 0.717) is 24.7 Å². The van der Waals surface area contributed by atoms with Gasteiger partial charge in [0.15, 0.2) is 21.3 Å². The summed E-state index contributed by atoms with van der Waals surface area (Å²) in [6.07, 6.45) is 1.04. The van der Waals surface area contributed by atoms with Crippen LogP contribution in [0.1, 0.15) is 12.5 Å². The van der Waals surface area contributed by atoms with E-state index in [0.717, 1.165) is 11.8 Å². The number of rotatable bonds is 4. The number of benzene rings is 1. The van der Waals surface area contributed by atoms with Gasteiger partial charge in [-0.3, -0.25) is 4.79 Å². The molecule has 6 nitrogen and oxygen atoms in total. The molecule has 1 aromatic rings. The zero-order valence-electron chi connectivity index (χ0n) is 11.4. The first-order valence-corrected chi connectivity index (χ1v) is 8.18. The molecule has 1 atom stereocenters. The predicted molar refractivity (Wildman–Crippen MR) is 73.6 cm³/mol. The fraction of sp³-hybridized carbons (Fsp3) is 0.462. The minimum Gasteiger partial charge on any atom is -0.486 e. The fourth-order valence-corrected chi connectivity index (χ4v) is 2.20. The maximum Gasteiger partial charge on any atom is 0.238 e. The van der Waals surface area contributed by atoms with E-state index in [1.807, 2.05) is 0 Å². The summed E-state index contributed by atoms with van der Waals surface area (Å²) in [5, 5.41) is 1.54. The van der Waals surface area contributed by atoms with Crippen molar-refractivity contribution in [1.82, 2.24) is 5.32 Å². The summed E-state index contributed by atoms with van der Waals surface area (Å²) in [5.41, 5.74) is 0.823. The number of sulfone groups is 1. The van der Waals surface area contributed by atoms with Crippen molar-refractivity contribution in [3.63, 3.8) is 0 Å². The smallest absolute Gasteiger partial charge is 0.238 e. The van der Waals surface area contributed by atoms with E-state index in [-0.39, 0.29) is 6.54 Å². The Bertz CT molecular complexity index is 611. The van der Waals surface area contributed by atoms with Gasteiger partial charge in [0.05, 0.1) is 0 Å². The average molecular weight is 299 g/mol. The third-order valence-electron chi connectivity index (χ3n) is 3.08. The van der Waals surface area contributed by atoms with Crippen molar-refractivity contribution in [3.8, 4) is 11.5 Å². The van der Waals surface area contributed by atoms with Crippen molar-refractivity contribution in [2.45, 2.75) is 18.7 Å². The van der Waals surface area contributed by atoms with Crippen LogP contribution in [0, 0.1) is 0 Å². The van der Waals surface area contributed by atoms with Crippen LogP contribution in [0.15, 0.2) is 18.2 Å². The highest BCUT2D eigenvalue weighted by molar-refractivity contribution is 7.92. The molecule has 110 valence electrons. The normalized spacial score (nSPS) is 15.5. The average Bonchev–Trinajstić information content (AvgIpc) is 2.42. The van der Waals surface area contributed by atoms with Gasteiger partial charge in [0.25, 0.3) is 0 Å². The Morgan fingerprint density at radius 1 is 1.30 bits per heavy atom. The third-order valence-corrected chi connectivity index (χ3v) is 4.58. The third kappa shape index (κ3) is 3.41. The number of nitrogens with one attached hydrogen (secondary N) is 1. The predicted octanol–water partition coefficient (Wildman–Crippen LogP) is 0.507. The summed E-state index contributed by atoms with van der Waals surface area (Å²) in [5.74, 6) is 0.803. The molecule has 7 heteroatoms. The highest BCUT2D eigenvalue weighted by Crippen LogP contribution is 2.30. The van der Waals surface area contributed by atoms with E-state index in [1.54, 1.807) is 18.2 Å². The molecule has 0 unspecified atom stereocenters. The van der Waals surface area contributed by atoms with Crippen LogP contribution in [0.5, 0.6) is 11.5 Å². The number of carbonyl (C=O) groups is 1. The molecule has 20 heavy (non-hydrogen) atoms. The molecule has 0 saturated heterocycles. The molecule has 1 heterocycles. The molecular formula is C13H17NO5S. The van der Waals surface area contributed by atoms with Crippen molar-refractivity contribution in [1.29, 1.82) is 0 Å². The van der Waals surface area contributed by atoms with Gasteiger partial charge in [-0.15, -0.1) is 0 Å². The van der Waals surface area contributed by atoms with Crippen LogP contribution in [0.25, 0.3) is 0 Å². The van der Waals surface area contributed by atoms with E-state index in [2.05, 4.69) is 5.32 Å². The summed E-state index contributed by atoms with van der Waals surface area (Å²) in [6, 6.07) is 5.36. The van der Waals surface area contributed by atoms with Gasteiger partial charge in [-0.2, -0.15) is 0 Å². The number of hydrogen-bond acceptors (Lipinski definition) is 5. The van der Waals surface area contributed by atoms with Crippen molar-refractivity contribution in [3.05, 3.63) is 23.8 Å². The van der Waals surface area contributed by atoms with E-state index < -0.39 is 21.0 Å². The fourth-order valence-electron chi connectivity index (χ4n) is 1.73. The highest BCUT2D eigenvalue weighted by atomic mass is 32.2. The molecule has 0 fully saturated rings. The lowest BCUT2D eigenvalue weighted by molar-refractivity contribution is -0.120. The van der Waals surface area contributed by atoms with E-state index >= 15 is 0 Å². The van der Waals surface area contributed by atoms with Gasteiger partial charge in [-0.1, -0.05) is 6.07 Å². The standard InChI is InChI=1S/C13H17NO5S/c1-9(20(2,16)17)13(15)14-8-10-3-4-11-12(7-10)19-6-5-18-11/h3-4,7,9H,5-6,8H2,1-2H3,(H,14,15)/t9-/m0/s1. The Hall–Kier alpha value is -1.76. The first kappa shape index (κ1) is 14.6. The molecule has 0 saturated carbocycles. The van der Waals surface area contributed by atoms with Crippen molar-refractivity contribution in [2.75, 3.05) is 19.5 Å². The Kier molecular flexibility index (Phi) is 4.17. The minimum atomic E-state index is -3.38. The quantitative estimate of drug-likeness (QED) is 0.876. The zero-order valence-corrected chi connectivity index (χ0v) is 12.2. The lowest BCUT2D eigenvalue weighted by Crippen LogP contribution is -2.37. The van der Waals surface area contributed by atoms with Gasteiger partial charge in [0.2, 0.25) is 5.91 Å². The number of carbonyl (C=O) groups excluding carboxylic acids is 1. The highest BCUT2D eigenvalue weighted by Gasteiger charge is 2.23. The summed E-state index contributed by atoms with van der Waals surface area (Å²) in [6.45, 7) is 2.63. The summed E-state index contributed by atoms with van der Waals surface area (Å²) < 4.78 is 33.4. The van der Waals surface area contributed by atoms with Crippen molar-refractivity contribution < 1.29 is 22.7 Å². The summed E-state index contributed by atoms with van der Waals surface area (Å²) in [4.78, 5) is 11.7. The summed E-state index contributed by atoms with van der Waals surface area (Å²) >= 11 is 0. The molecule has 1 aliphatic rings. The maximum absolute atomic E-state index is 11.7. The van der Waals surface area contributed by atoms with Crippen LogP contribution in [-0.4, -0.2) is 39.0 Å². The van der Waals surface area contributed by atoms with Crippen LogP contribution in [0.4, 0.5) is 0 Å². The van der Waals surface area contributed by atoms with Crippen LogP contribution in [0.3, 0.4) is 0 Å². The Morgan fingerprint density at radius 3 is 2.60 bits per heavy atom. The first-order valence-electron chi connectivity index (χ1n) is 6.23. The Labute approximate surface area is 118 Å². The molecule has 1 aliphatic heterocycles. The van der Waals surface area contributed by atoms with Crippen LogP contribution in [-0.2, 0) is 21.2 Å². The number of ether oxygens (including phenoxy) is 2. The molecule has 2 rings (SSSR count). The zero-order chi connectivity index (χ0) is 14.8. The van der Waals surface area contributed by atoms with Crippen molar-refractivity contribution in [2.24, 2.45) is 0 Å². The largest absolute Gasteiger partial charge is 0.486 e. The molecule has 1 amide bonds. The Balaban J connectivity index is 1.99. The van der Waals surface area contributed by atoms with Crippen LogP contribution >= 0.6 is 0 Å². The van der Waals surface area contributed by atoms with E-state index in [9.17, 15) is 13.2 Å². The monoisotopic (exact) mass is 299 g/mol. The molecule has 0 bridgehead atoms. The van der Waals surface area contributed by atoms with Gasteiger partial charge in [-0.05, 0) is 24.6 Å². The van der Waals surface area contributed by atoms with Gasteiger partial charge < -0.3 is 14.8 Å². The first-order chi connectivity index (χ1) is 9.38. The molecular weight excluding hydrogens is 282 g/mol. The lowest BCUT2D eigenvalue weighted by atomic mass is 10.2. The maximum atomic E-state index is 11.7. The number of fused-ring (bicyclic) bond motifs is 1. The molecule has 0 aromatic heterocycles. The lowest BCUT2D eigenvalue weighted by Gasteiger charge is -2.19. The van der Waals surface area contributed by atoms with Gasteiger partial charge >= 0.3 is 0 Å². The van der Waals surface area contributed by atoms with Gasteiger partial charge in [0, 0.05) is 12.8 Å². The molecule has 0 aliphatic carbocycles. The van der Waals surface area contributed by atoms with Crippen LogP contribution in [0.2, 0.25) is 0 Å². The molecule has 1 aromatic carbocycles. The molecule has 0 spiro atoms. The van der Waals surface area contributed by atoms with Crippen molar-refractivity contribution >= 4 is 15.7 Å². The van der Waals surface area contributed by atoms with Gasteiger partial charge in [-0.25, -0.2) is 8.42 Å². The van der Waals surface area contributed by atoms with Gasteiger partial charge in [0.1, 0.15) is 18.5 Å². The van der Waals surface area contributed by atoms with E-state index in [1.165, 1.54) is 6.92 Å². The SMILES string of the molecule is C[C@@H](C(=O)NCc1ccc2c(c1)OCCO2)S(C)(=O)=O. The number of hydrogen-bond donors (Lipinski definition) is 1. The summed E-state index contributed by atoms with van der Waals surface area (Å²) in [7, 11) is -3.38. The minimum absolute atomic E-state index is 0.245. The second kappa shape index (κ2) is 5.70. The second-order valence-electron chi connectivity index (χ2n) is 4.67. The Morgan fingerprint density at radius 2 is 1.95 bits per heavy atom. The van der Waals surface area contributed by atoms with Crippen LogP contribution < -0.4 is 14.8 Å². The molecule has 1 N–H and O–H groups in total. The van der Waals surface area contributed by atoms with E-state index in [4.69, 9.17) is 9.47 Å². The topological polar surface area (TPSA) is 81.7 Å².